The maximum absolute atomic E-state index is 11.8. The molecule has 1 aliphatic rings. The summed E-state index contributed by atoms with van der Waals surface area (Å²) >= 11 is 0. The van der Waals surface area contributed by atoms with Crippen molar-refractivity contribution in [2.45, 2.75) is 38.5 Å². The summed E-state index contributed by atoms with van der Waals surface area (Å²) in [5.41, 5.74) is 1.10. The summed E-state index contributed by atoms with van der Waals surface area (Å²) in [6.07, 6.45) is 4.74. The summed E-state index contributed by atoms with van der Waals surface area (Å²) in [7, 11) is 1.85. The molecule has 1 aromatic heterocycles. The van der Waals surface area contributed by atoms with Crippen molar-refractivity contribution in [1.29, 1.82) is 0 Å². The van der Waals surface area contributed by atoms with Crippen molar-refractivity contribution in [3.05, 3.63) is 11.8 Å². The van der Waals surface area contributed by atoms with Crippen molar-refractivity contribution in [3.8, 4) is 0 Å². The van der Waals surface area contributed by atoms with Crippen LogP contribution in [0.5, 0.6) is 0 Å². The van der Waals surface area contributed by atoms with Gasteiger partial charge >= 0.3 is 11.8 Å². The molecule has 2 rings (SSSR count). The fourth-order valence-electron chi connectivity index (χ4n) is 2.73. The number of aliphatic hydroxyl groups is 1. The standard InChI is InChI=1S/C15H24N4O3/c1-10(9-20)8-16-14(21)15(22)17-13-7-12(19(2)18-13)11-5-3-4-6-11/h7,10-11,20H,3-6,8-9H2,1-2H3,(H,16,21)(H,17,18,22). The Morgan fingerprint density at radius 2 is 2.09 bits per heavy atom. The number of carbonyl (C=O) groups excluding carboxylic acids is 2. The van der Waals surface area contributed by atoms with Crippen molar-refractivity contribution >= 4 is 17.6 Å². The molecule has 0 spiro atoms. The van der Waals surface area contributed by atoms with E-state index in [4.69, 9.17) is 5.11 Å². The van der Waals surface area contributed by atoms with Crippen LogP contribution in [0.15, 0.2) is 6.07 Å². The highest BCUT2D eigenvalue weighted by Crippen LogP contribution is 2.34. The van der Waals surface area contributed by atoms with Gasteiger partial charge < -0.3 is 15.7 Å². The number of hydrogen-bond donors (Lipinski definition) is 3. The first-order chi connectivity index (χ1) is 10.5. The monoisotopic (exact) mass is 308 g/mol. The summed E-state index contributed by atoms with van der Waals surface area (Å²) in [5.74, 6) is -0.641. The molecule has 1 aromatic rings. The van der Waals surface area contributed by atoms with Crippen molar-refractivity contribution in [3.63, 3.8) is 0 Å². The highest BCUT2D eigenvalue weighted by Gasteiger charge is 2.22. The molecule has 7 heteroatoms. The number of amides is 2. The minimum Gasteiger partial charge on any atom is -0.396 e. The predicted octanol–water partition coefficient (Wildman–Crippen LogP) is 0.761. The lowest BCUT2D eigenvalue weighted by atomic mass is 10.0. The molecular formula is C15H24N4O3. The molecule has 3 N–H and O–H groups in total. The molecule has 1 fully saturated rings. The van der Waals surface area contributed by atoms with Crippen LogP contribution in [0.3, 0.4) is 0 Å². The first kappa shape index (κ1) is 16.5. The van der Waals surface area contributed by atoms with E-state index < -0.39 is 11.8 Å². The van der Waals surface area contributed by atoms with Crippen molar-refractivity contribution in [2.24, 2.45) is 13.0 Å². The summed E-state index contributed by atoms with van der Waals surface area (Å²) in [5, 5.41) is 18.2. The molecule has 1 saturated carbocycles. The number of aromatic nitrogens is 2. The number of aliphatic hydroxyl groups excluding tert-OH is 1. The number of rotatable bonds is 5. The first-order valence-electron chi connectivity index (χ1n) is 7.75. The zero-order valence-electron chi connectivity index (χ0n) is 13.1. The van der Waals surface area contributed by atoms with Crippen LogP contribution >= 0.6 is 0 Å². The smallest absolute Gasteiger partial charge is 0.314 e. The minimum atomic E-state index is -0.735. The highest BCUT2D eigenvalue weighted by molar-refractivity contribution is 6.39. The number of carbonyl (C=O) groups is 2. The van der Waals surface area contributed by atoms with Gasteiger partial charge in [0.2, 0.25) is 0 Å². The quantitative estimate of drug-likeness (QED) is 0.700. The van der Waals surface area contributed by atoms with Crippen LogP contribution in [0, 0.1) is 5.92 Å². The van der Waals surface area contributed by atoms with E-state index in [-0.39, 0.29) is 19.1 Å². The van der Waals surface area contributed by atoms with E-state index in [0.717, 1.165) is 18.5 Å². The maximum Gasteiger partial charge on any atom is 0.314 e. The van der Waals surface area contributed by atoms with Gasteiger partial charge in [-0.15, -0.1) is 0 Å². The van der Waals surface area contributed by atoms with Crippen LogP contribution in [0.1, 0.15) is 44.2 Å². The van der Waals surface area contributed by atoms with Crippen LogP contribution in [-0.2, 0) is 16.6 Å². The molecule has 1 heterocycles. The van der Waals surface area contributed by atoms with Crippen LogP contribution in [0.25, 0.3) is 0 Å². The fourth-order valence-corrected chi connectivity index (χ4v) is 2.73. The van der Waals surface area contributed by atoms with Gasteiger partial charge in [0.1, 0.15) is 0 Å². The predicted molar refractivity (Wildman–Crippen MR) is 82.3 cm³/mol. The van der Waals surface area contributed by atoms with E-state index in [1.54, 1.807) is 11.6 Å². The zero-order chi connectivity index (χ0) is 16.1. The van der Waals surface area contributed by atoms with Gasteiger partial charge in [-0.2, -0.15) is 5.10 Å². The van der Waals surface area contributed by atoms with Gasteiger partial charge in [-0.25, -0.2) is 0 Å². The van der Waals surface area contributed by atoms with Gasteiger partial charge in [0, 0.05) is 37.9 Å². The maximum atomic E-state index is 11.8. The molecule has 0 saturated heterocycles. The number of anilines is 1. The van der Waals surface area contributed by atoms with Crippen LogP contribution in [0.4, 0.5) is 5.82 Å². The third-order valence-corrected chi connectivity index (χ3v) is 4.06. The third kappa shape index (κ3) is 4.07. The first-order valence-corrected chi connectivity index (χ1v) is 7.75. The number of nitrogens with zero attached hydrogens (tertiary/aromatic N) is 2. The molecular weight excluding hydrogens is 284 g/mol. The van der Waals surface area contributed by atoms with Gasteiger partial charge in [0.25, 0.3) is 0 Å². The number of aryl methyl sites for hydroxylation is 1. The molecule has 1 atom stereocenters. The average Bonchev–Trinajstić information content (AvgIpc) is 3.13. The van der Waals surface area contributed by atoms with Crippen molar-refractivity contribution < 1.29 is 14.7 Å². The Morgan fingerprint density at radius 3 is 2.73 bits per heavy atom. The van der Waals surface area contributed by atoms with E-state index in [2.05, 4.69) is 15.7 Å². The van der Waals surface area contributed by atoms with Crippen LogP contribution in [-0.4, -0.2) is 39.9 Å². The number of hydrogen-bond acceptors (Lipinski definition) is 4. The van der Waals surface area contributed by atoms with Gasteiger partial charge in [-0.3, -0.25) is 14.3 Å². The second-order valence-corrected chi connectivity index (χ2v) is 6.01. The largest absolute Gasteiger partial charge is 0.396 e. The van der Waals surface area contributed by atoms with Crippen molar-refractivity contribution in [2.75, 3.05) is 18.5 Å². The Bertz CT molecular complexity index is 535. The van der Waals surface area contributed by atoms with Crippen LogP contribution in [0.2, 0.25) is 0 Å². The zero-order valence-corrected chi connectivity index (χ0v) is 13.1. The third-order valence-electron chi connectivity index (χ3n) is 4.06. The van der Waals surface area contributed by atoms with Gasteiger partial charge in [0.05, 0.1) is 0 Å². The minimum absolute atomic E-state index is 0.0348. The van der Waals surface area contributed by atoms with E-state index in [1.165, 1.54) is 12.8 Å². The summed E-state index contributed by atoms with van der Waals surface area (Å²) < 4.78 is 1.78. The molecule has 122 valence electrons. The second kappa shape index (κ2) is 7.40. The SMILES string of the molecule is CC(CO)CNC(=O)C(=O)Nc1cc(C2CCCC2)n(C)n1. The molecule has 22 heavy (non-hydrogen) atoms. The molecule has 0 bridgehead atoms. The molecule has 0 aromatic carbocycles. The molecule has 0 aliphatic heterocycles. The Morgan fingerprint density at radius 1 is 1.41 bits per heavy atom. The van der Waals surface area contributed by atoms with E-state index >= 15 is 0 Å². The van der Waals surface area contributed by atoms with Crippen molar-refractivity contribution in [1.82, 2.24) is 15.1 Å². The van der Waals surface area contributed by atoms with Gasteiger partial charge in [-0.05, 0) is 18.8 Å². The summed E-state index contributed by atoms with van der Waals surface area (Å²) in [6, 6.07) is 1.84. The lowest BCUT2D eigenvalue weighted by molar-refractivity contribution is -0.136. The van der Waals surface area contributed by atoms with Gasteiger partial charge in [-0.1, -0.05) is 19.8 Å². The second-order valence-electron chi connectivity index (χ2n) is 6.01. The lowest BCUT2D eigenvalue weighted by Gasteiger charge is -2.08. The molecule has 2 amide bonds. The Balaban J connectivity index is 1.91. The lowest BCUT2D eigenvalue weighted by Crippen LogP contribution is -2.38. The summed E-state index contributed by atoms with van der Waals surface area (Å²) in [4.78, 5) is 23.5. The highest BCUT2D eigenvalue weighted by atomic mass is 16.3. The van der Waals surface area contributed by atoms with Crippen LogP contribution < -0.4 is 10.6 Å². The topological polar surface area (TPSA) is 96.3 Å². The van der Waals surface area contributed by atoms with Gasteiger partial charge in [0.15, 0.2) is 5.82 Å². The molecule has 7 nitrogen and oxygen atoms in total. The molecule has 1 aliphatic carbocycles. The van der Waals surface area contributed by atoms with E-state index in [0.29, 0.717) is 11.7 Å². The molecule has 0 radical (unpaired) electrons. The average molecular weight is 308 g/mol. The Kier molecular flexibility index (Phi) is 5.54. The Labute approximate surface area is 130 Å². The Hall–Kier alpha value is -1.89. The fraction of sp³-hybridized carbons (Fsp3) is 0.667. The number of nitrogens with one attached hydrogen (secondary N) is 2. The van der Waals surface area contributed by atoms with E-state index in [1.807, 2.05) is 13.1 Å². The molecule has 1 unspecified atom stereocenters. The van der Waals surface area contributed by atoms with E-state index in [9.17, 15) is 9.59 Å². The normalized spacial score (nSPS) is 16.5. The summed E-state index contributed by atoms with van der Waals surface area (Å²) in [6.45, 7) is 2.01.